The van der Waals surface area contributed by atoms with E-state index < -0.39 is 0 Å². The average molecular weight is 298 g/mol. The van der Waals surface area contributed by atoms with Crippen LogP contribution >= 0.6 is 23.4 Å². The maximum absolute atomic E-state index is 12.3. The third kappa shape index (κ3) is 2.59. The highest BCUT2D eigenvalue weighted by molar-refractivity contribution is 7.98. The second-order valence-electron chi connectivity index (χ2n) is 3.72. The molecular formula is C12H12ClN3O2S. The van der Waals surface area contributed by atoms with Gasteiger partial charge in [0.05, 0.1) is 0 Å². The van der Waals surface area contributed by atoms with Gasteiger partial charge in [0.15, 0.2) is 11.5 Å². The van der Waals surface area contributed by atoms with Gasteiger partial charge in [-0.25, -0.2) is 0 Å². The van der Waals surface area contributed by atoms with Gasteiger partial charge in [0.2, 0.25) is 0 Å². The van der Waals surface area contributed by atoms with Crippen molar-refractivity contribution < 1.29 is 4.84 Å². The van der Waals surface area contributed by atoms with Gasteiger partial charge in [-0.1, -0.05) is 11.6 Å². The quantitative estimate of drug-likeness (QED) is 0.812. The van der Waals surface area contributed by atoms with Gasteiger partial charge in [-0.15, -0.1) is 26.7 Å². The normalized spacial score (nSPS) is 10.5. The molecule has 0 fully saturated rings. The fourth-order valence-electron chi connectivity index (χ4n) is 1.69. The molecule has 0 N–H and O–H groups in total. The van der Waals surface area contributed by atoms with E-state index in [4.69, 9.17) is 16.4 Å². The number of aryl methyl sites for hydroxylation is 1. The smallest absolute Gasteiger partial charge is 0.313 e. The summed E-state index contributed by atoms with van der Waals surface area (Å²) < 4.78 is 1.11. The van der Waals surface area contributed by atoms with E-state index >= 15 is 0 Å². The number of thioether (sulfide) groups is 1. The number of halogens is 1. The topological polar surface area (TPSA) is 57.0 Å². The number of nitrogens with zero attached hydrogens (tertiary/aromatic N) is 3. The standard InChI is InChI=1S/C12H12ClN3O2S/c1-7-14-15-11(12(17)16(7)18-2)9-5-4-8(13)6-10(9)19-3/h4-6H,1-3H3. The van der Waals surface area contributed by atoms with Gasteiger partial charge in [0.1, 0.15) is 7.11 Å². The van der Waals surface area contributed by atoms with Gasteiger partial charge >= 0.3 is 5.56 Å². The van der Waals surface area contributed by atoms with Crippen LogP contribution in [0.1, 0.15) is 5.82 Å². The Morgan fingerprint density at radius 2 is 2.11 bits per heavy atom. The lowest BCUT2D eigenvalue weighted by atomic mass is 10.1. The predicted octanol–water partition coefficient (Wildman–Crippen LogP) is 2.05. The summed E-state index contributed by atoms with van der Waals surface area (Å²) in [5, 5.41) is 8.52. The fraction of sp³-hybridized carbons (Fsp3) is 0.250. The molecule has 7 heteroatoms. The van der Waals surface area contributed by atoms with Crippen molar-refractivity contribution in [3.8, 4) is 11.3 Å². The average Bonchev–Trinajstić information content (AvgIpc) is 2.40. The van der Waals surface area contributed by atoms with Crippen LogP contribution < -0.4 is 10.4 Å². The molecule has 0 bridgehead atoms. The molecule has 1 aromatic carbocycles. The first-order valence-corrected chi connectivity index (χ1v) is 7.03. The van der Waals surface area contributed by atoms with Gasteiger partial charge in [-0.3, -0.25) is 4.79 Å². The van der Waals surface area contributed by atoms with Crippen LogP contribution in [0.15, 0.2) is 27.9 Å². The molecule has 1 heterocycles. The van der Waals surface area contributed by atoms with Crippen LogP contribution in [0.4, 0.5) is 0 Å². The first-order valence-electron chi connectivity index (χ1n) is 5.43. The van der Waals surface area contributed by atoms with Gasteiger partial charge in [0.25, 0.3) is 0 Å². The van der Waals surface area contributed by atoms with Crippen LogP contribution in [0.2, 0.25) is 5.02 Å². The molecule has 0 saturated carbocycles. The van der Waals surface area contributed by atoms with Crippen molar-refractivity contribution in [3.05, 3.63) is 39.4 Å². The van der Waals surface area contributed by atoms with E-state index in [9.17, 15) is 4.79 Å². The second-order valence-corrected chi connectivity index (χ2v) is 5.01. The van der Waals surface area contributed by atoms with Crippen LogP contribution in [-0.2, 0) is 0 Å². The van der Waals surface area contributed by atoms with Crippen LogP contribution in [-0.4, -0.2) is 28.3 Å². The highest BCUT2D eigenvalue weighted by atomic mass is 35.5. The molecule has 0 aliphatic heterocycles. The van der Waals surface area contributed by atoms with E-state index in [1.165, 1.54) is 18.9 Å². The molecule has 2 rings (SSSR count). The number of benzene rings is 1. The van der Waals surface area contributed by atoms with Crippen LogP contribution in [0.25, 0.3) is 11.3 Å². The van der Waals surface area contributed by atoms with Gasteiger partial charge in [0, 0.05) is 15.5 Å². The van der Waals surface area contributed by atoms with Crippen molar-refractivity contribution in [2.45, 2.75) is 11.8 Å². The third-order valence-corrected chi connectivity index (χ3v) is 3.59. The molecule has 0 amide bonds. The SMILES string of the molecule is COn1c(C)nnc(-c2ccc(Cl)cc2SC)c1=O. The molecule has 0 aliphatic rings. The lowest BCUT2D eigenvalue weighted by Gasteiger charge is -2.10. The summed E-state index contributed by atoms with van der Waals surface area (Å²) in [7, 11) is 1.41. The van der Waals surface area contributed by atoms with Crippen molar-refractivity contribution in [1.29, 1.82) is 0 Å². The summed E-state index contributed by atoms with van der Waals surface area (Å²) in [6.07, 6.45) is 1.91. The second kappa shape index (κ2) is 5.63. The van der Waals surface area contributed by atoms with Crippen molar-refractivity contribution in [3.63, 3.8) is 0 Å². The van der Waals surface area contributed by atoms with E-state index in [0.29, 0.717) is 16.4 Å². The lowest BCUT2D eigenvalue weighted by molar-refractivity contribution is 0.146. The number of hydrogen-bond donors (Lipinski definition) is 0. The Balaban J connectivity index is 2.69. The van der Waals surface area contributed by atoms with E-state index in [1.54, 1.807) is 25.1 Å². The zero-order valence-electron chi connectivity index (χ0n) is 10.7. The van der Waals surface area contributed by atoms with Crippen LogP contribution in [0, 0.1) is 6.92 Å². The molecule has 1 aromatic heterocycles. The van der Waals surface area contributed by atoms with Crippen molar-refractivity contribution >= 4 is 23.4 Å². The monoisotopic (exact) mass is 297 g/mol. The molecule has 0 spiro atoms. The van der Waals surface area contributed by atoms with Gasteiger partial charge in [-0.05, 0) is 31.4 Å². The Kier molecular flexibility index (Phi) is 4.11. The summed E-state index contributed by atoms with van der Waals surface area (Å²) in [5.74, 6) is 0.399. The summed E-state index contributed by atoms with van der Waals surface area (Å²) in [6.45, 7) is 1.65. The van der Waals surface area contributed by atoms with Gasteiger partial charge < -0.3 is 4.84 Å². The summed E-state index contributed by atoms with van der Waals surface area (Å²) in [6, 6.07) is 5.27. The van der Waals surface area contributed by atoms with E-state index in [-0.39, 0.29) is 11.3 Å². The Labute approximate surface area is 119 Å². The third-order valence-electron chi connectivity index (χ3n) is 2.58. The molecule has 0 unspecified atom stereocenters. The highest BCUT2D eigenvalue weighted by Gasteiger charge is 2.15. The molecule has 100 valence electrons. The first kappa shape index (κ1) is 13.9. The number of rotatable bonds is 3. The number of hydrogen-bond acceptors (Lipinski definition) is 5. The number of aromatic nitrogens is 3. The zero-order valence-corrected chi connectivity index (χ0v) is 12.2. The fourth-order valence-corrected chi connectivity index (χ4v) is 2.56. The molecule has 5 nitrogen and oxygen atoms in total. The minimum Gasteiger partial charge on any atom is -0.412 e. The van der Waals surface area contributed by atoms with Crippen molar-refractivity contribution in [2.75, 3.05) is 13.4 Å². The summed E-state index contributed by atoms with van der Waals surface area (Å²) >= 11 is 7.44. The summed E-state index contributed by atoms with van der Waals surface area (Å²) in [5.41, 5.74) is 0.598. The minimum atomic E-state index is -0.340. The Morgan fingerprint density at radius 3 is 2.74 bits per heavy atom. The minimum absolute atomic E-state index is 0.244. The Bertz CT molecular complexity index is 673. The van der Waals surface area contributed by atoms with E-state index in [1.807, 2.05) is 6.26 Å². The Hall–Kier alpha value is -1.53. The van der Waals surface area contributed by atoms with Gasteiger partial charge in [-0.2, -0.15) is 0 Å². The summed E-state index contributed by atoms with van der Waals surface area (Å²) in [4.78, 5) is 18.1. The molecule has 0 aliphatic carbocycles. The zero-order chi connectivity index (χ0) is 14.0. The van der Waals surface area contributed by atoms with Crippen molar-refractivity contribution in [2.24, 2.45) is 0 Å². The Morgan fingerprint density at radius 1 is 1.37 bits per heavy atom. The highest BCUT2D eigenvalue weighted by Crippen LogP contribution is 2.29. The maximum Gasteiger partial charge on any atom is 0.313 e. The molecule has 19 heavy (non-hydrogen) atoms. The first-order chi connectivity index (χ1) is 9.08. The van der Waals surface area contributed by atoms with Crippen LogP contribution in [0.5, 0.6) is 0 Å². The molecule has 0 atom stereocenters. The van der Waals surface area contributed by atoms with Crippen LogP contribution in [0.3, 0.4) is 0 Å². The van der Waals surface area contributed by atoms with Crippen molar-refractivity contribution in [1.82, 2.24) is 14.9 Å². The lowest BCUT2D eigenvalue weighted by Crippen LogP contribution is -2.30. The molecule has 0 saturated heterocycles. The molecule has 0 radical (unpaired) electrons. The predicted molar refractivity (Wildman–Crippen MR) is 75.8 cm³/mol. The molecule has 2 aromatic rings. The maximum atomic E-state index is 12.3. The molecular weight excluding hydrogens is 286 g/mol. The van der Waals surface area contributed by atoms with E-state index in [0.717, 1.165) is 9.63 Å². The largest absolute Gasteiger partial charge is 0.412 e. The van der Waals surface area contributed by atoms with E-state index in [2.05, 4.69) is 10.2 Å².